The molecule has 1 unspecified atom stereocenters. The second-order valence-electron chi connectivity index (χ2n) is 5.09. The lowest BCUT2D eigenvalue weighted by atomic mass is 10.1. The lowest BCUT2D eigenvalue weighted by Gasteiger charge is -2.24. The van der Waals surface area contributed by atoms with Crippen LogP contribution in [0.5, 0.6) is 0 Å². The van der Waals surface area contributed by atoms with E-state index in [1.165, 1.54) is 5.56 Å². The molecule has 19 heavy (non-hydrogen) atoms. The molecular formula is C16H26N2O. The summed E-state index contributed by atoms with van der Waals surface area (Å²) < 4.78 is 0. The fourth-order valence-electron chi connectivity index (χ4n) is 2.02. The molecule has 0 fully saturated rings. The van der Waals surface area contributed by atoms with E-state index in [0.717, 1.165) is 31.5 Å². The zero-order valence-corrected chi connectivity index (χ0v) is 12.4. The second-order valence-corrected chi connectivity index (χ2v) is 5.09. The first-order valence-electron chi connectivity index (χ1n) is 7.20. The van der Waals surface area contributed by atoms with Crippen molar-refractivity contribution in [1.29, 1.82) is 0 Å². The molecule has 0 radical (unpaired) electrons. The van der Waals surface area contributed by atoms with Crippen LogP contribution in [0.3, 0.4) is 0 Å². The van der Waals surface area contributed by atoms with E-state index < -0.39 is 0 Å². The molecule has 0 spiro atoms. The monoisotopic (exact) mass is 262 g/mol. The van der Waals surface area contributed by atoms with Crippen LogP contribution in [-0.4, -0.2) is 30.4 Å². The van der Waals surface area contributed by atoms with Gasteiger partial charge in [0, 0.05) is 18.7 Å². The molecule has 106 valence electrons. The summed E-state index contributed by atoms with van der Waals surface area (Å²) in [6, 6.07) is 7.81. The predicted octanol–water partition coefficient (Wildman–Crippen LogP) is 2.70. The standard InChI is InChI=1S/C16H26N2O/c1-4-13(3)12-18(5-2)16(19)15-8-6-14(7-9-15)10-11-17/h6-9,13H,4-5,10-12,17H2,1-3H3. The van der Waals surface area contributed by atoms with Crippen LogP contribution in [0.1, 0.15) is 43.1 Å². The van der Waals surface area contributed by atoms with Crippen molar-refractivity contribution >= 4 is 5.91 Å². The van der Waals surface area contributed by atoms with Gasteiger partial charge in [-0.2, -0.15) is 0 Å². The average molecular weight is 262 g/mol. The van der Waals surface area contributed by atoms with Crippen LogP contribution in [0.2, 0.25) is 0 Å². The molecule has 1 aromatic rings. The molecule has 1 rings (SSSR count). The third-order valence-electron chi connectivity index (χ3n) is 3.53. The van der Waals surface area contributed by atoms with Crippen LogP contribution < -0.4 is 5.73 Å². The Morgan fingerprint density at radius 2 is 1.89 bits per heavy atom. The van der Waals surface area contributed by atoms with Gasteiger partial charge < -0.3 is 10.6 Å². The summed E-state index contributed by atoms with van der Waals surface area (Å²) >= 11 is 0. The fraction of sp³-hybridized carbons (Fsp3) is 0.562. The van der Waals surface area contributed by atoms with E-state index in [0.29, 0.717) is 12.5 Å². The van der Waals surface area contributed by atoms with Gasteiger partial charge in [0.05, 0.1) is 0 Å². The summed E-state index contributed by atoms with van der Waals surface area (Å²) in [6.45, 7) is 8.60. The van der Waals surface area contributed by atoms with Crippen molar-refractivity contribution in [2.75, 3.05) is 19.6 Å². The Morgan fingerprint density at radius 3 is 2.37 bits per heavy atom. The first-order chi connectivity index (χ1) is 9.12. The van der Waals surface area contributed by atoms with Crippen molar-refractivity contribution in [2.45, 2.75) is 33.6 Å². The zero-order chi connectivity index (χ0) is 14.3. The van der Waals surface area contributed by atoms with E-state index in [4.69, 9.17) is 5.73 Å². The molecule has 0 saturated heterocycles. The maximum Gasteiger partial charge on any atom is 0.253 e. The van der Waals surface area contributed by atoms with Crippen LogP contribution in [0.25, 0.3) is 0 Å². The first kappa shape index (κ1) is 15.7. The first-order valence-corrected chi connectivity index (χ1v) is 7.20. The molecule has 0 heterocycles. The topological polar surface area (TPSA) is 46.3 Å². The van der Waals surface area contributed by atoms with Gasteiger partial charge in [-0.1, -0.05) is 32.4 Å². The summed E-state index contributed by atoms with van der Waals surface area (Å²) in [5.41, 5.74) is 7.48. The second kappa shape index (κ2) is 7.95. The summed E-state index contributed by atoms with van der Waals surface area (Å²) in [4.78, 5) is 14.3. The minimum Gasteiger partial charge on any atom is -0.339 e. The zero-order valence-electron chi connectivity index (χ0n) is 12.4. The van der Waals surface area contributed by atoms with E-state index in [1.807, 2.05) is 36.1 Å². The highest BCUT2D eigenvalue weighted by Crippen LogP contribution is 2.11. The van der Waals surface area contributed by atoms with Crippen LogP contribution >= 0.6 is 0 Å². The number of hydrogen-bond donors (Lipinski definition) is 1. The number of nitrogens with two attached hydrogens (primary N) is 1. The largest absolute Gasteiger partial charge is 0.339 e. The number of hydrogen-bond acceptors (Lipinski definition) is 2. The molecule has 0 aromatic heterocycles. The highest BCUT2D eigenvalue weighted by atomic mass is 16.2. The van der Waals surface area contributed by atoms with E-state index in [9.17, 15) is 4.79 Å². The van der Waals surface area contributed by atoms with Crippen molar-refractivity contribution in [1.82, 2.24) is 4.90 Å². The quantitative estimate of drug-likeness (QED) is 0.821. The Bertz CT molecular complexity index is 386. The molecule has 0 aliphatic carbocycles. The maximum absolute atomic E-state index is 12.4. The predicted molar refractivity (Wildman–Crippen MR) is 80.2 cm³/mol. The van der Waals surface area contributed by atoms with Crippen molar-refractivity contribution in [2.24, 2.45) is 11.7 Å². The molecule has 3 nitrogen and oxygen atoms in total. The summed E-state index contributed by atoms with van der Waals surface area (Å²) in [5.74, 6) is 0.669. The summed E-state index contributed by atoms with van der Waals surface area (Å²) in [5, 5.41) is 0. The summed E-state index contributed by atoms with van der Waals surface area (Å²) in [7, 11) is 0. The molecule has 1 atom stereocenters. The van der Waals surface area contributed by atoms with Gasteiger partial charge in [-0.05, 0) is 43.5 Å². The Morgan fingerprint density at radius 1 is 1.26 bits per heavy atom. The van der Waals surface area contributed by atoms with Crippen molar-refractivity contribution in [3.8, 4) is 0 Å². The number of rotatable bonds is 7. The highest BCUT2D eigenvalue weighted by molar-refractivity contribution is 5.94. The summed E-state index contributed by atoms with van der Waals surface area (Å²) in [6.07, 6.45) is 1.96. The fourth-order valence-corrected chi connectivity index (χ4v) is 2.02. The number of carbonyl (C=O) groups is 1. The van der Waals surface area contributed by atoms with E-state index in [-0.39, 0.29) is 5.91 Å². The van der Waals surface area contributed by atoms with Gasteiger partial charge in [-0.15, -0.1) is 0 Å². The Hall–Kier alpha value is -1.35. The van der Waals surface area contributed by atoms with Crippen LogP contribution in [0.15, 0.2) is 24.3 Å². The van der Waals surface area contributed by atoms with E-state index >= 15 is 0 Å². The lowest BCUT2D eigenvalue weighted by Crippen LogP contribution is -2.34. The van der Waals surface area contributed by atoms with E-state index in [1.54, 1.807) is 0 Å². The smallest absolute Gasteiger partial charge is 0.253 e. The highest BCUT2D eigenvalue weighted by Gasteiger charge is 2.15. The van der Waals surface area contributed by atoms with Gasteiger partial charge in [-0.3, -0.25) is 4.79 Å². The number of amides is 1. The molecule has 0 aliphatic heterocycles. The lowest BCUT2D eigenvalue weighted by molar-refractivity contribution is 0.0741. The van der Waals surface area contributed by atoms with Crippen LogP contribution in [0.4, 0.5) is 0 Å². The van der Waals surface area contributed by atoms with Gasteiger partial charge in [0.2, 0.25) is 0 Å². The van der Waals surface area contributed by atoms with E-state index in [2.05, 4.69) is 13.8 Å². The Kier molecular flexibility index (Phi) is 6.57. The molecule has 2 N–H and O–H groups in total. The Balaban J connectivity index is 2.73. The minimum atomic E-state index is 0.127. The Labute approximate surface area is 116 Å². The van der Waals surface area contributed by atoms with Gasteiger partial charge in [-0.25, -0.2) is 0 Å². The maximum atomic E-state index is 12.4. The number of nitrogens with zero attached hydrogens (tertiary/aromatic N) is 1. The van der Waals surface area contributed by atoms with Gasteiger partial charge in [0.1, 0.15) is 0 Å². The molecule has 0 saturated carbocycles. The van der Waals surface area contributed by atoms with Gasteiger partial charge in [0.25, 0.3) is 5.91 Å². The SMILES string of the molecule is CCC(C)CN(CC)C(=O)c1ccc(CCN)cc1. The van der Waals surface area contributed by atoms with Gasteiger partial charge in [0.15, 0.2) is 0 Å². The normalized spacial score (nSPS) is 12.2. The third-order valence-corrected chi connectivity index (χ3v) is 3.53. The van der Waals surface area contributed by atoms with Crippen molar-refractivity contribution < 1.29 is 4.79 Å². The van der Waals surface area contributed by atoms with Crippen molar-refractivity contribution in [3.63, 3.8) is 0 Å². The molecule has 1 amide bonds. The minimum absolute atomic E-state index is 0.127. The molecule has 0 aliphatic rings. The molecule has 1 aromatic carbocycles. The number of benzene rings is 1. The average Bonchev–Trinajstić information content (AvgIpc) is 2.45. The van der Waals surface area contributed by atoms with Gasteiger partial charge >= 0.3 is 0 Å². The van der Waals surface area contributed by atoms with Crippen molar-refractivity contribution in [3.05, 3.63) is 35.4 Å². The molecule has 0 bridgehead atoms. The third kappa shape index (κ3) is 4.67. The van der Waals surface area contributed by atoms with Crippen LogP contribution in [-0.2, 0) is 6.42 Å². The molecular weight excluding hydrogens is 236 g/mol. The molecule has 3 heteroatoms. The van der Waals surface area contributed by atoms with Crippen LogP contribution in [0, 0.1) is 5.92 Å². The number of carbonyl (C=O) groups excluding carboxylic acids is 1.